The molecule has 1 aliphatic rings. The molecule has 0 aliphatic carbocycles. The Labute approximate surface area is 222 Å². The minimum atomic E-state index is -0.269. The van der Waals surface area contributed by atoms with Gasteiger partial charge in [0.15, 0.2) is 0 Å². The number of H-pyrrole nitrogens is 1. The molecule has 6 nitrogen and oxygen atoms in total. The third-order valence-corrected chi connectivity index (χ3v) is 7.00. The number of rotatable bonds is 10. The van der Waals surface area contributed by atoms with Crippen LogP contribution in [0.15, 0.2) is 72.8 Å². The van der Waals surface area contributed by atoms with Crippen molar-refractivity contribution in [2.24, 2.45) is 0 Å². The van der Waals surface area contributed by atoms with Crippen LogP contribution in [0.25, 0.3) is 11.3 Å². The van der Waals surface area contributed by atoms with Gasteiger partial charge in [0, 0.05) is 22.7 Å². The van der Waals surface area contributed by atoms with Gasteiger partial charge in [0.05, 0.1) is 25.5 Å². The maximum Gasteiger partial charge on any atom is 0.273 e. The fourth-order valence-corrected chi connectivity index (χ4v) is 4.85. The zero-order valence-electron chi connectivity index (χ0n) is 21.0. The van der Waals surface area contributed by atoms with Gasteiger partial charge in [-0.05, 0) is 60.4 Å². The number of benzene rings is 3. The van der Waals surface area contributed by atoms with Gasteiger partial charge >= 0.3 is 0 Å². The van der Waals surface area contributed by atoms with E-state index < -0.39 is 0 Å². The number of methoxy groups -OCH3 is 1. The summed E-state index contributed by atoms with van der Waals surface area (Å²) in [7, 11) is 1.66. The maximum atomic E-state index is 13.6. The number of halogens is 1. The number of fused-ring (bicyclic) bond motifs is 1. The largest absolute Gasteiger partial charge is 0.497 e. The number of hydrogen-bond donors (Lipinski definition) is 1. The molecule has 0 fully saturated rings. The topological polar surface area (TPSA) is 67.5 Å². The highest BCUT2D eigenvalue weighted by Gasteiger charge is 2.41. The normalized spacial score (nSPS) is 14.6. The van der Waals surface area contributed by atoms with Crippen molar-refractivity contribution in [1.82, 2.24) is 15.1 Å². The Bertz CT molecular complexity index is 1350. The van der Waals surface area contributed by atoms with Crippen molar-refractivity contribution >= 4 is 17.5 Å². The average molecular weight is 516 g/mol. The Morgan fingerprint density at radius 1 is 0.973 bits per heavy atom. The molecule has 1 aliphatic heterocycles. The molecule has 5 rings (SSSR count). The van der Waals surface area contributed by atoms with Crippen molar-refractivity contribution in [3.8, 4) is 22.8 Å². The summed E-state index contributed by atoms with van der Waals surface area (Å²) < 4.78 is 11.2. The van der Waals surface area contributed by atoms with Gasteiger partial charge in [-0.25, -0.2) is 0 Å². The molecule has 0 spiro atoms. The third-order valence-electron chi connectivity index (χ3n) is 6.74. The lowest BCUT2D eigenvalue weighted by Crippen LogP contribution is -2.31. The van der Waals surface area contributed by atoms with Crippen LogP contribution in [0.3, 0.4) is 0 Å². The maximum absolute atomic E-state index is 13.6. The van der Waals surface area contributed by atoms with Crippen LogP contribution in [0.2, 0.25) is 5.02 Å². The molecular weight excluding hydrogens is 486 g/mol. The molecule has 4 aromatic rings. The van der Waals surface area contributed by atoms with Gasteiger partial charge in [0.25, 0.3) is 5.91 Å². The summed E-state index contributed by atoms with van der Waals surface area (Å²) in [6.07, 6.45) is 2.82. The summed E-state index contributed by atoms with van der Waals surface area (Å²) in [5.74, 6) is 1.59. The van der Waals surface area contributed by atoms with Crippen LogP contribution in [-0.2, 0) is 6.42 Å². The van der Waals surface area contributed by atoms with E-state index in [2.05, 4.69) is 17.1 Å². The number of carbonyl (C=O) groups excluding carboxylic acids is 1. The van der Waals surface area contributed by atoms with Crippen LogP contribution in [0.5, 0.6) is 11.5 Å². The van der Waals surface area contributed by atoms with Crippen molar-refractivity contribution < 1.29 is 14.3 Å². The summed E-state index contributed by atoms with van der Waals surface area (Å²) in [6.45, 7) is 3.40. The molecule has 1 aromatic heterocycles. The van der Waals surface area contributed by atoms with Gasteiger partial charge in [-0.2, -0.15) is 5.10 Å². The van der Waals surface area contributed by atoms with Gasteiger partial charge < -0.3 is 14.4 Å². The number of aromatic nitrogens is 2. The highest BCUT2D eigenvalue weighted by Crippen LogP contribution is 2.43. The van der Waals surface area contributed by atoms with E-state index in [9.17, 15) is 4.79 Å². The van der Waals surface area contributed by atoms with Gasteiger partial charge in [-0.15, -0.1) is 0 Å². The lowest BCUT2D eigenvalue weighted by Gasteiger charge is -2.26. The van der Waals surface area contributed by atoms with Crippen LogP contribution < -0.4 is 9.47 Å². The first kappa shape index (κ1) is 24.9. The molecule has 0 saturated carbocycles. The van der Waals surface area contributed by atoms with Gasteiger partial charge in [0.2, 0.25) is 0 Å². The summed E-state index contributed by atoms with van der Waals surface area (Å²) >= 11 is 6.13. The van der Waals surface area contributed by atoms with Crippen molar-refractivity contribution in [3.05, 3.63) is 100 Å². The zero-order chi connectivity index (χ0) is 25.8. The Morgan fingerprint density at radius 3 is 2.35 bits per heavy atom. The van der Waals surface area contributed by atoms with E-state index in [0.717, 1.165) is 58.7 Å². The fraction of sp³-hybridized carbons (Fsp3) is 0.267. The molecule has 1 N–H and O–H groups in total. The molecule has 1 atom stereocenters. The number of hydrogen-bond acceptors (Lipinski definition) is 4. The lowest BCUT2D eigenvalue weighted by atomic mass is 9.96. The van der Waals surface area contributed by atoms with E-state index in [1.807, 2.05) is 77.7 Å². The number of amides is 1. The molecule has 37 heavy (non-hydrogen) atoms. The van der Waals surface area contributed by atoms with Gasteiger partial charge in [-0.3, -0.25) is 9.89 Å². The van der Waals surface area contributed by atoms with Crippen LogP contribution in [0.1, 0.15) is 53.0 Å². The minimum absolute atomic E-state index is 0.0514. The summed E-state index contributed by atoms with van der Waals surface area (Å²) in [4.78, 5) is 15.6. The molecule has 1 unspecified atom stereocenters. The van der Waals surface area contributed by atoms with Crippen LogP contribution >= 0.6 is 11.6 Å². The second-order valence-electron chi connectivity index (χ2n) is 9.14. The SMILES string of the molecule is CCCCOc1ccc(C2c3c(-c4ccc(Cl)cc4)n[nH]c3C(=O)N2CCc2ccc(OC)cc2)cc1. The lowest BCUT2D eigenvalue weighted by molar-refractivity contribution is 0.0746. The van der Waals surface area contributed by atoms with Crippen LogP contribution in [0, 0.1) is 0 Å². The van der Waals surface area contributed by atoms with E-state index in [4.69, 9.17) is 21.1 Å². The Hall–Kier alpha value is -3.77. The monoisotopic (exact) mass is 515 g/mol. The van der Waals surface area contributed by atoms with Crippen molar-refractivity contribution in [2.45, 2.75) is 32.2 Å². The van der Waals surface area contributed by atoms with E-state index in [-0.39, 0.29) is 11.9 Å². The number of aromatic amines is 1. The van der Waals surface area contributed by atoms with Crippen molar-refractivity contribution in [2.75, 3.05) is 20.3 Å². The van der Waals surface area contributed by atoms with Gasteiger partial charge in [0.1, 0.15) is 17.2 Å². The first-order valence-corrected chi connectivity index (χ1v) is 13.0. The smallest absolute Gasteiger partial charge is 0.273 e. The average Bonchev–Trinajstić information content (AvgIpc) is 3.47. The van der Waals surface area contributed by atoms with Crippen molar-refractivity contribution in [1.29, 1.82) is 0 Å². The standard InChI is InChI=1S/C30H30ClN3O3/c1-3-4-19-37-25-15-9-22(10-16-25)29-26-27(21-7-11-23(31)12-8-21)32-33-28(26)30(35)34(29)18-17-20-5-13-24(36-2)14-6-20/h5-16,29H,3-4,17-19H2,1-2H3,(H,32,33). The predicted octanol–water partition coefficient (Wildman–Crippen LogP) is 6.71. The summed E-state index contributed by atoms with van der Waals surface area (Å²) in [6, 6.07) is 23.3. The van der Waals surface area contributed by atoms with E-state index in [0.29, 0.717) is 23.9 Å². The number of nitrogens with zero attached hydrogens (tertiary/aromatic N) is 2. The van der Waals surface area contributed by atoms with E-state index in [1.165, 1.54) is 0 Å². The molecule has 0 radical (unpaired) electrons. The number of carbonyl (C=O) groups is 1. The number of ether oxygens (including phenoxy) is 2. The fourth-order valence-electron chi connectivity index (χ4n) is 4.72. The van der Waals surface area contributed by atoms with Crippen LogP contribution in [0.4, 0.5) is 0 Å². The molecule has 2 heterocycles. The first-order valence-electron chi connectivity index (χ1n) is 12.6. The quantitative estimate of drug-likeness (QED) is 0.238. The van der Waals surface area contributed by atoms with Crippen molar-refractivity contribution in [3.63, 3.8) is 0 Å². The zero-order valence-corrected chi connectivity index (χ0v) is 21.8. The minimum Gasteiger partial charge on any atom is -0.497 e. The number of unbranched alkanes of at least 4 members (excludes halogenated alkanes) is 1. The molecular formula is C30H30ClN3O3. The summed E-state index contributed by atoms with van der Waals surface area (Å²) in [5, 5.41) is 8.23. The molecule has 1 amide bonds. The highest BCUT2D eigenvalue weighted by molar-refractivity contribution is 6.30. The van der Waals surface area contributed by atoms with Gasteiger partial charge in [-0.1, -0.05) is 61.3 Å². The number of nitrogens with one attached hydrogen (secondary N) is 1. The molecule has 190 valence electrons. The predicted molar refractivity (Wildman–Crippen MR) is 145 cm³/mol. The highest BCUT2D eigenvalue weighted by atomic mass is 35.5. The third kappa shape index (κ3) is 5.20. The first-order chi connectivity index (χ1) is 18.1. The molecule has 7 heteroatoms. The Kier molecular flexibility index (Phi) is 7.47. The molecule has 3 aromatic carbocycles. The molecule has 0 saturated heterocycles. The Morgan fingerprint density at radius 2 is 1.68 bits per heavy atom. The van der Waals surface area contributed by atoms with Crippen LogP contribution in [-0.4, -0.2) is 41.3 Å². The molecule has 0 bridgehead atoms. The van der Waals surface area contributed by atoms with E-state index in [1.54, 1.807) is 7.11 Å². The van der Waals surface area contributed by atoms with E-state index >= 15 is 0 Å². The summed E-state index contributed by atoms with van der Waals surface area (Å²) in [5.41, 5.74) is 5.26. The second kappa shape index (κ2) is 11.1. The Balaban J connectivity index is 1.48. The second-order valence-corrected chi connectivity index (χ2v) is 9.57.